The monoisotopic (exact) mass is 888 g/mol. The van der Waals surface area contributed by atoms with Gasteiger partial charge in [0.25, 0.3) is 0 Å². The molecule has 1 heterocycles. The van der Waals surface area contributed by atoms with E-state index in [1.54, 1.807) is 0 Å². The molecule has 0 aliphatic rings. The van der Waals surface area contributed by atoms with Gasteiger partial charge in [0.1, 0.15) is 0 Å². The summed E-state index contributed by atoms with van der Waals surface area (Å²) in [6.45, 7) is 0. The van der Waals surface area contributed by atoms with Crippen molar-refractivity contribution in [2.24, 2.45) is 0 Å². The Morgan fingerprint density at radius 2 is 0.586 bits per heavy atom. The van der Waals surface area contributed by atoms with Gasteiger partial charge < -0.3 is 0 Å². The highest BCUT2D eigenvalue weighted by molar-refractivity contribution is 6.24. The third-order valence-electron chi connectivity index (χ3n) is 14.4. The fourth-order valence-corrected chi connectivity index (χ4v) is 11.0. The Bertz CT molecular complexity index is 4560. The van der Waals surface area contributed by atoms with E-state index in [1.807, 2.05) is 0 Å². The van der Waals surface area contributed by atoms with Crippen LogP contribution in [0.2, 0.25) is 0 Å². The first-order valence-electron chi connectivity index (χ1n) is 24.9. The lowest BCUT2D eigenvalue weighted by Gasteiger charge is -2.14. The number of fused-ring (bicyclic) bond motifs is 12. The number of hydrogen-bond donors (Lipinski definition) is 0. The van der Waals surface area contributed by atoms with E-state index in [1.165, 1.54) is 65.3 Å². The molecule has 70 heavy (non-hydrogen) atoms. The summed E-state index contributed by atoms with van der Waals surface area (Å²) in [5, 5.41) is 13.8. The second kappa shape index (κ2) is 16.2. The molecule has 14 rings (SSSR count). The Hall–Kier alpha value is -9.24. The summed E-state index contributed by atoms with van der Waals surface area (Å²) in [6.07, 6.45) is -0.268. The maximum atomic E-state index is 8.52. The van der Waals surface area contributed by atoms with Gasteiger partial charge in [0, 0.05) is 23.1 Å². The van der Waals surface area contributed by atoms with Gasteiger partial charge in [-0.3, -0.25) is 9.97 Å². The first-order chi connectivity index (χ1) is 35.5. The smallest absolute Gasteiger partial charge is 0.0971 e. The van der Waals surface area contributed by atoms with Gasteiger partial charge in [-0.05, 0) is 163 Å². The minimum absolute atomic E-state index is 0.134. The van der Waals surface area contributed by atoms with Crippen LogP contribution in [0.25, 0.3) is 142 Å². The molecule has 324 valence electrons. The van der Waals surface area contributed by atoms with Crippen molar-refractivity contribution >= 4 is 75.7 Å². The summed E-state index contributed by atoms with van der Waals surface area (Å²) in [7, 11) is 0. The maximum Gasteiger partial charge on any atom is 0.0971 e. The van der Waals surface area contributed by atoms with Crippen LogP contribution in [-0.4, -0.2) is 9.97 Å². The molecular weight excluding hydrogens is 845 g/mol. The minimum Gasteiger partial charge on any atom is -0.252 e. The quantitative estimate of drug-likeness (QED) is 0.155. The van der Waals surface area contributed by atoms with E-state index in [-0.39, 0.29) is 12.3 Å². The first-order valence-corrected chi connectivity index (χ1v) is 23.9. The molecule has 0 unspecified atom stereocenters. The van der Waals surface area contributed by atoms with Crippen LogP contribution in [0.5, 0.6) is 0 Å². The molecule has 1 aromatic heterocycles. The second-order valence-corrected chi connectivity index (χ2v) is 18.4. The van der Waals surface area contributed by atoms with E-state index < -0.39 is 0 Å². The van der Waals surface area contributed by atoms with Crippen LogP contribution in [-0.2, 0) is 0 Å². The topological polar surface area (TPSA) is 25.8 Å². The summed E-state index contributed by atoms with van der Waals surface area (Å²) in [6, 6.07) is 87.7. The molecule has 14 aromatic rings. The van der Waals surface area contributed by atoms with Crippen LogP contribution < -0.4 is 0 Å². The highest BCUT2D eigenvalue weighted by atomic mass is 14.8. The van der Waals surface area contributed by atoms with Crippen molar-refractivity contribution in [2.75, 3.05) is 0 Å². The molecular formula is C68H42N2. The van der Waals surface area contributed by atoms with Crippen LogP contribution in [0.4, 0.5) is 0 Å². The molecule has 0 N–H and O–H groups in total. The molecule has 0 saturated carbocycles. The Kier molecular flexibility index (Phi) is 8.76. The summed E-state index contributed by atoms with van der Waals surface area (Å²) >= 11 is 0. The predicted molar refractivity (Wildman–Crippen MR) is 297 cm³/mol. The lowest BCUT2D eigenvalue weighted by Crippen LogP contribution is -1.90. The predicted octanol–water partition coefficient (Wildman–Crippen LogP) is 18.6. The van der Waals surface area contributed by atoms with Crippen LogP contribution >= 0.6 is 0 Å². The lowest BCUT2D eigenvalue weighted by atomic mass is 9.90. The third kappa shape index (κ3) is 6.64. The molecule has 0 atom stereocenters. The van der Waals surface area contributed by atoms with Gasteiger partial charge in [-0.15, -0.1) is 0 Å². The van der Waals surface area contributed by atoms with Crippen LogP contribution in [0.1, 0.15) is 2.74 Å². The standard InChI is InChI=1S/C68H42N2/c1-3-22-55-43(12-1)28-31-61-57(26-11-27-59(55)61)52-20-9-18-48(38-52)44-14-7-16-46(36-44)50-29-32-62-65(40-50)66-41-51(30-33-63(66)68-67(62)69-34-35-70-68)47-17-8-15-45(37-47)49-19-10-21-53(39-49)64-42-54-13-2-4-23-56(54)58-24-5-6-25-60(58)64/h1-42H/i34D,35D. The zero-order valence-corrected chi connectivity index (χ0v) is 38.0. The zero-order chi connectivity index (χ0) is 47.9. The molecule has 0 aliphatic carbocycles. The van der Waals surface area contributed by atoms with Gasteiger partial charge in [0.15, 0.2) is 0 Å². The number of aromatic nitrogens is 2. The molecule has 0 bridgehead atoms. The Morgan fingerprint density at radius 1 is 0.214 bits per heavy atom. The summed E-state index contributed by atoms with van der Waals surface area (Å²) in [4.78, 5) is 9.36. The normalized spacial score (nSPS) is 12.1. The fraction of sp³-hybridized carbons (Fsp3) is 0. The summed E-state index contributed by atoms with van der Waals surface area (Å²) in [5.41, 5.74) is 15.0. The van der Waals surface area contributed by atoms with Crippen LogP contribution in [0.3, 0.4) is 0 Å². The van der Waals surface area contributed by atoms with Gasteiger partial charge in [-0.25, -0.2) is 0 Å². The Morgan fingerprint density at radius 3 is 1.14 bits per heavy atom. The van der Waals surface area contributed by atoms with E-state index in [9.17, 15) is 0 Å². The van der Waals surface area contributed by atoms with Crippen molar-refractivity contribution in [1.82, 2.24) is 9.97 Å². The van der Waals surface area contributed by atoms with E-state index in [0.717, 1.165) is 66.1 Å². The van der Waals surface area contributed by atoms with Gasteiger partial charge >= 0.3 is 0 Å². The van der Waals surface area contributed by atoms with E-state index in [4.69, 9.17) is 2.74 Å². The third-order valence-corrected chi connectivity index (χ3v) is 14.4. The molecule has 2 heteroatoms. The van der Waals surface area contributed by atoms with Gasteiger partial charge in [0.2, 0.25) is 0 Å². The zero-order valence-electron chi connectivity index (χ0n) is 40.0. The Balaban J connectivity index is 0.862. The first kappa shape index (κ1) is 37.8. The van der Waals surface area contributed by atoms with Crippen molar-refractivity contribution in [1.29, 1.82) is 0 Å². The molecule has 0 saturated heterocycles. The van der Waals surface area contributed by atoms with Gasteiger partial charge in [-0.1, -0.05) is 200 Å². The summed E-state index contributed by atoms with van der Waals surface area (Å²) < 4.78 is 17.0. The SMILES string of the molecule is [2H]c1nc2c3ccc(-c4cccc(-c5cccc(-c6cccc7c6ccc6ccccc67)c5)c4)cc3c3cc(-c4cccc(-c5cccc(-c6cc7ccccc7c7ccccc67)c5)c4)ccc3c2nc1[2H]. The highest BCUT2D eigenvalue weighted by Crippen LogP contribution is 2.41. The number of hydrogen-bond acceptors (Lipinski definition) is 2. The van der Waals surface area contributed by atoms with Crippen LogP contribution in [0.15, 0.2) is 255 Å². The van der Waals surface area contributed by atoms with E-state index in [0.29, 0.717) is 11.0 Å². The van der Waals surface area contributed by atoms with E-state index >= 15 is 0 Å². The average molecular weight is 889 g/mol. The largest absolute Gasteiger partial charge is 0.252 e. The molecule has 0 fully saturated rings. The molecule has 13 aromatic carbocycles. The summed E-state index contributed by atoms with van der Waals surface area (Å²) in [5.74, 6) is 0. The number of rotatable bonds is 6. The van der Waals surface area contributed by atoms with Crippen molar-refractivity contribution in [3.05, 3.63) is 255 Å². The van der Waals surface area contributed by atoms with Crippen LogP contribution in [0, 0.1) is 0 Å². The van der Waals surface area contributed by atoms with E-state index in [2.05, 4.69) is 253 Å². The molecule has 0 spiro atoms. The van der Waals surface area contributed by atoms with Gasteiger partial charge in [-0.2, -0.15) is 0 Å². The fourth-order valence-electron chi connectivity index (χ4n) is 11.0. The van der Waals surface area contributed by atoms with Crippen molar-refractivity contribution < 1.29 is 2.74 Å². The molecule has 0 aliphatic heterocycles. The lowest BCUT2D eigenvalue weighted by molar-refractivity contribution is 1.31. The average Bonchev–Trinajstić information content (AvgIpc) is 3.45. The van der Waals surface area contributed by atoms with Gasteiger partial charge in [0.05, 0.1) is 13.8 Å². The van der Waals surface area contributed by atoms with Crippen molar-refractivity contribution in [3.63, 3.8) is 0 Å². The van der Waals surface area contributed by atoms with Crippen molar-refractivity contribution in [2.45, 2.75) is 0 Å². The highest BCUT2D eigenvalue weighted by Gasteiger charge is 2.16. The minimum atomic E-state index is -0.134. The maximum absolute atomic E-state index is 8.52. The molecule has 0 radical (unpaired) electrons. The Labute approximate surface area is 408 Å². The number of nitrogens with zero attached hydrogens (tertiary/aromatic N) is 2. The number of benzene rings is 13. The molecule has 2 nitrogen and oxygen atoms in total. The molecule has 0 amide bonds. The second-order valence-electron chi connectivity index (χ2n) is 18.4. The van der Waals surface area contributed by atoms with Crippen molar-refractivity contribution in [3.8, 4) is 66.8 Å².